The van der Waals surface area contributed by atoms with Crippen molar-refractivity contribution in [2.24, 2.45) is 5.73 Å². The molecule has 5 heteroatoms. The van der Waals surface area contributed by atoms with Crippen LogP contribution in [0.15, 0.2) is 29.2 Å². The fourth-order valence-electron chi connectivity index (χ4n) is 3.98. The Bertz CT molecular complexity index is 798. The van der Waals surface area contributed by atoms with E-state index in [-0.39, 0.29) is 5.91 Å². The summed E-state index contributed by atoms with van der Waals surface area (Å²) in [5.74, 6) is 2.48. The van der Waals surface area contributed by atoms with E-state index in [0.717, 1.165) is 30.0 Å². The van der Waals surface area contributed by atoms with E-state index >= 15 is 0 Å². The summed E-state index contributed by atoms with van der Waals surface area (Å²) < 4.78 is 0. The molecule has 0 unspecified atom stereocenters. The van der Waals surface area contributed by atoms with Crippen molar-refractivity contribution in [2.75, 3.05) is 5.75 Å². The quantitative estimate of drug-likeness (QED) is 0.873. The Morgan fingerprint density at radius 3 is 2.54 bits per heavy atom. The topological polar surface area (TPSA) is 68.9 Å². The zero-order valence-corrected chi connectivity index (χ0v) is 15.9. The van der Waals surface area contributed by atoms with E-state index in [2.05, 4.69) is 12.1 Å². The molecule has 0 bridgehead atoms. The van der Waals surface area contributed by atoms with E-state index in [1.807, 2.05) is 23.9 Å². The summed E-state index contributed by atoms with van der Waals surface area (Å²) in [7, 11) is 0. The standard InChI is InChI=1S/C21H25N3OS/c22-19(25)13-15-9-7-14(8-10-15)12-18-20-17(6-3-11-26-20)23-21(24-18)16-4-1-2-5-16/h7-10,16H,1-6,11-13H2,(H2,22,25). The molecule has 1 saturated carbocycles. The SMILES string of the molecule is NC(=O)Cc1ccc(Cc2nc(C3CCCC3)nc3c2SCCC3)cc1. The van der Waals surface area contributed by atoms with Crippen LogP contribution in [-0.4, -0.2) is 21.6 Å². The van der Waals surface area contributed by atoms with Gasteiger partial charge in [0.1, 0.15) is 5.82 Å². The zero-order valence-electron chi connectivity index (χ0n) is 15.0. The van der Waals surface area contributed by atoms with Crippen LogP contribution < -0.4 is 5.73 Å². The van der Waals surface area contributed by atoms with E-state index in [9.17, 15) is 4.79 Å². The maximum absolute atomic E-state index is 11.1. The molecule has 1 aliphatic heterocycles. The second-order valence-electron chi connectivity index (χ2n) is 7.37. The lowest BCUT2D eigenvalue weighted by atomic mass is 10.0. The van der Waals surface area contributed by atoms with Crippen LogP contribution in [0.5, 0.6) is 0 Å². The predicted octanol–water partition coefficient (Wildman–Crippen LogP) is 3.79. The molecular formula is C21H25N3OS. The summed E-state index contributed by atoms with van der Waals surface area (Å²) in [5, 5.41) is 0. The third kappa shape index (κ3) is 3.93. The van der Waals surface area contributed by atoms with Gasteiger partial charge < -0.3 is 5.73 Å². The van der Waals surface area contributed by atoms with Gasteiger partial charge in [-0.2, -0.15) is 0 Å². The molecule has 2 aliphatic rings. The molecule has 4 rings (SSSR count). The fraction of sp³-hybridized carbons (Fsp3) is 0.476. The first-order chi connectivity index (χ1) is 12.7. The van der Waals surface area contributed by atoms with E-state index in [4.69, 9.17) is 15.7 Å². The highest BCUT2D eigenvalue weighted by molar-refractivity contribution is 7.99. The third-order valence-electron chi connectivity index (χ3n) is 5.32. The molecule has 1 fully saturated rings. The van der Waals surface area contributed by atoms with Crippen LogP contribution >= 0.6 is 11.8 Å². The number of aromatic nitrogens is 2. The van der Waals surface area contributed by atoms with Gasteiger partial charge in [-0.3, -0.25) is 4.79 Å². The number of carbonyl (C=O) groups is 1. The molecule has 2 heterocycles. The molecular weight excluding hydrogens is 342 g/mol. The molecule has 2 aromatic rings. The normalized spacial score (nSPS) is 17.2. The number of fused-ring (bicyclic) bond motifs is 1. The predicted molar refractivity (Wildman–Crippen MR) is 104 cm³/mol. The van der Waals surface area contributed by atoms with E-state index in [1.54, 1.807) is 0 Å². The lowest BCUT2D eigenvalue weighted by Gasteiger charge is -2.20. The molecule has 1 aromatic heterocycles. The van der Waals surface area contributed by atoms with Crippen molar-refractivity contribution in [3.05, 3.63) is 52.6 Å². The molecule has 0 radical (unpaired) electrons. The lowest BCUT2D eigenvalue weighted by molar-refractivity contribution is -0.117. The van der Waals surface area contributed by atoms with Crippen molar-refractivity contribution in [1.29, 1.82) is 0 Å². The van der Waals surface area contributed by atoms with Gasteiger partial charge in [0.15, 0.2) is 0 Å². The Balaban J connectivity index is 1.62. The molecule has 0 atom stereocenters. The van der Waals surface area contributed by atoms with Crippen molar-refractivity contribution in [2.45, 2.75) is 62.2 Å². The average molecular weight is 368 g/mol. The number of nitrogens with zero attached hydrogens (tertiary/aromatic N) is 2. The Hall–Kier alpha value is -1.88. The molecule has 26 heavy (non-hydrogen) atoms. The number of rotatable bonds is 5. The number of carbonyl (C=O) groups excluding carboxylic acids is 1. The van der Waals surface area contributed by atoms with Crippen molar-refractivity contribution in [1.82, 2.24) is 9.97 Å². The second kappa shape index (κ2) is 7.78. The highest BCUT2D eigenvalue weighted by atomic mass is 32.2. The maximum atomic E-state index is 11.1. The first-order valence-electron chi connectivity index (χ1n) is 9.57. The van der Waals surface area contributed by atoms with Crippen LogP contribution in [0, 0.1) is 0 Å². The minimum Gasteiger partial charge on any atom is -0.369 e. The monoisotopic (exact) mass is 367 g/mol. The molecule has 2 N–H and O–H groups in total. The van der Waals surface area contributed by atoms with Crippen molar-refractivity contribution < 1.29 is 4.79 Å². The number of benzene rings is 1. The smallest absolute Gasteiger partial charge is 0.221 e. The van der Waals surface area contributed by atoms with E-state index in [1.165, 1.54) is 54.0 Å². The summed E-state index contributed by atoms with van der Waals surface area (Å²) in [4.78, 5) is 22.4. The Kier molecular flexibility index (Phi) is 5.25. The summed E-state index contributed by atoms with van der Waals surface area (Å²) in [5.41, 5.74) is 9.92. The van der Waals surface area contributed by atoms with Gasteiger partial charge >= 0.3 is 0 Å². The van der Waals surface area contributed by atoms with Gasteiger partial charge in [0.2, 0.25) is 5.91 Å². The summed E-state index contributed by atoms with van der Waals surface area (Å²) in [6.45, 7) is 0. The second-order valence-corrected chi connectivity index (χ2v) is 8.48. The highest BCUT2D eigenvalue weighted by Crippen LogP contribution is 2.37. The Labute approximate surface area is 159 Å². The lowest BCUT2D eigenvalue weighted by Crippen LogP contribution is -2.14. The summed E-state index contributed by atoms with van der Waals surface area (Å²) in [6, 6.07) is 8.18. The number of hydrogen-bond acceptors (Lipinski definition) is 4. The van der Waals surface area contributed by atoms with Gasteiger partial charge in [-0.1, -0.05) is 37.1 Å². The Morgan fingerprint density at radius 1 is 1.08 bits per heavy atom. The van der Waals surface area contributed by atoms with Crippen LogP contribution in [0.2, 0.25) is 0 Å². The molecule has 4 nitrogen and oxygen atoms in total. The van der Waals surface area contributed by atoms with Crippen molar-refractivity contribution in [3.63, 3.8) is 0 Å². The largest absolute Gasteiger partial charge is 0.369 e. The van der Waals surface area contributed by atoms with Crippen LogP contribution in [0.1, 0.15) is 66.4 Å². The minimum absolute atomic E-state index is 0.291. The van der Waals surface area contributed by atoms with Crippen LogP contribution in [0.3, 0.4) is 0 Å². The van der Waals surface area contributed by atoms with Crippen LogP contribution in [0.4, 0.5) is 0 Å². The van der Waals surface area contributed by atoms with Gasteiger partial charge in [-0.05, 0) is 42.6 Å². The molecule has 136 valence electrons. The van der Waals surface area contributed by atoms with Crippen LogP contribution in [-0.2, 0) is 24.1 Å². The van der Waals surface area contributed by atoms with Crippen LogP contribution in [0.25, 0.3) is 0 Å². The first-order valence-corrected chi connectivity index (χ1v) is 10.6. The maximum Gasteiger partial charge on any atom is 0.221 e. The average Bonchev–Trinajstić information content (AvgIpc) is 3.17. The van der Waals surface area contributed by atoms with Gasteiger partial charge in [0.25, 0.3) is 0 Å². The molecule has 0 saturated heterocycles. The van der Waals surface area contributed by atoms with Crippen molar-refractivity contribution in [3.8, 4) is 0 Å². The number of hydrogen-bond donors (Lipinski definition) is 1. The zero-order chi connectivity index (χ0) is 17.9. The summed E-state index contributed by atoms with van der Waals surface area (Å²) in [6.07, 6.45) is 8.47. The Morgan fingerprint density at radius 2 is 1.81 bits per heavy atom. The summed E-state index contributed by atoms with van der Waals surface area (Å²) >= 11 is 1.91. The number of aryl methyl sites for hydroxylation is 1. The van der Waals surface area contributed by atoms with Gasteiger partial charge in [-0.15, -0.1) is 11.8 Å². The van der Waals surface area contributed by atoms with E-state index in [0.29, 0.717) is 12.3 Å². The highest BCUT2D eigenvalue weighted by Gasteiger charge is 2.24. The molecule has 0 spiro atoms. The molecule has 1 amide bonds. The third-order valence-corrected chi connectivity index (χ3v) is 6.57. The van der Waals surface area contributed by atoms with Crippen molar-refractivity contribution >= 4 is 17.7 Å². The number of primary amides is 1. The number of nitrogens with two attached hydrogens (primary N) is 1. The fourth-order valence-corrected chi connectivity index (χ4v) is 5.07. The first kappa shape index (κ1) is 17.5. The van der Waals surface area contributed by atoms with Gasteiger partial charge in [-0.25, -0.2) is 9.97 Å². The minimum atomic E-state index is -0.291. The van der Waals surface area contributed by atoms with Gasteiger partial charge in [0, 0.05) is 12.3 Å². The molecule has 1 aliphatic carbocycles. The number of thioether (sulfide) groups is 1. The van der Waals surface area contributed by atoms with Gasteiger partial charge in [0.05, 0.1) is 22.7 Å². The number of amides is 1. The molecule has 1 aromatic carbocycles. The van der Waals surface area contributed by atoms with E-state index < -0.39 is 0 Å².